The van der Waals surface area contributed by atoms with Crippen molar-refractivity contribution in [2.45, 2.75) is 5.66 Å². The number of nitrogens with zero attached hydrogens (tertiary/aromatic N) is 2. The van der Waals surface area contributed by atoms with Crippen LogP contribution in [0.15, 0.2) is 65.7 Å². The minimum absolute atomic E-state index is 0.263. The molecule has 1 saturated heterocycles. The molecule has 0 bridgehead atoms. The van der Waals surface area contributed by atoms with Crippen molar-refractivity contribution in [2.24, 2.45) is 4.99 Å². The summed E-state index contributed by atoms with van der Waals surface area (Å²) < 4.78 is 0. The molecule has 0 unspecified atom stereocenters. The molecule has 0 saturated carbocycles. The van der Waals surface area contributed by atoms with Crippen LogP contribution in [-0.4, -0.2) is 36.8 Å². The average molecular weight is 277 g/mol. The summed E-state index contributed by atoms with van der Waals surface area (Å²) in [6.45, 7) is 3.96. The second-order valence-electron chi connectivity index (χ2n) is 5.59. The molecule has 2 aromatic rings. The van der Waals surface area contributed by atoms with Crippen LogP contribution in [-0.2, 0) is 5.66 Å². The molecule has 4 rings (SSSR count). The van der Waals surface area contributed by atoms with E-state index in [-0.39, 0.29) is 5.66 Å². The fourth-order valence-electron chi connectivity index (χ4n) is 3.56. The van der Waals surface area contributed by atoms with E-state index < -0.39 is 0 Å². The molecule has 2 aromatic carbocycles. The van der Waals surface area contributed by atoms with Gasteiger partial charge in [-0.15, -0.1) is 0 Å². The van der Waals surface area contributed by atoms with Crippen LogP contribution in [0.3, 0.4) is 0 Å². The summed E-state index contributed by atoms with van der Waals surface area (Å²) in [6.07, 6.45) is 0. The molecule has 0 amide bonds. The molecule has 3 heteroatoms. The largest absolute Gasteiger partial charge is 0.289 e. The lowest BCUT2D eigenvalue weighted by molar-refractivity contribution is 0.183. The predicted molar refractivity (Wildman–Crippen MR) is 85.5 cm³/mol. The molecule has 0 aliphatic carbocycles. The predicted octanol–water partition coefficient (Wildman–Crippen LogP) is 2.25. The van der Waals surface area contributed by atoms with Gasteiger partial charge in [-0.3, -0.25) is 15.2 Å². The van der Waals surface area contributed by atoms with Crippen LogP contribution in [0.4, 0.5) is 0 Å². The molecular weight excluding hydrogens is 258 g/mol. The molecule has 0 spiro atoms. The first-order valence-corrected chi connectivity index (χ1v) is 7.57. The lowest BCUT2D eigenvalue weighted by atomic mass is 9.87. The molecule has 106 valence electrons. The van der Waals surface area contributed by atoms with Gasteiger partial charge in [0.05, 0.1) is 12.3 Å². The molecule has 3 nitrogen and oxygen atoms in total. The van der Waals surface area contributed by atoms with E-state index in [1.165, 1.54) is 11.1 Å². The van der Waals surface area contributed by atoms with Crippen molar-refractivity contribution in [1.82, 2.24) is 10.2 Å². The molecule has 0 aromatic heterocycles. The number of aliphatic imine (C=N–C) groups is 1. The summed E-state index contributed by atoms with van der Waals surface area (Å²) in [5.74, 6) is 0. The van der Waals surface area contributed by atoms with Crippen LogP contribution in [0.1, 0.15) is 11.1 Å². The molecule has 2 heterocycles. The topological polar surface area (TPSA) is 27.6 Å². The van der Waals surface area contributed by atoms with Crippen molar-refractivity contribution < 1.29 is 0 Å². The molecule has 1 atom stereocenters. The van der Waals surface area contributed by atoms with Gasteiger partial charge < -0.3 is 0 Å². The van der Waals surface area contributed by atoms with E-state index in [2.05, 4.69) is 70.9 Å². The van der Waals surface area contributed by atoms with E-state index in [0.717, 1.165) is 31.9 Å². The third kappa shape index (κ3) is 1.93. The summed E-state index contributed by atoms with van der Waals surface area (Å²) in [6, 6.07) is 21.3. The van der Waals surface area contributed by atoms with Gasteiger partial charge in [-0.2, -0.15) is 0 Å². The number of hydrogen-bond donors (Lipinski definition) is 1. The minimum Gasteiger partial charge on any atom is -0.289 e. The number of nitrogens with one attached hydrogen (secondary N) is 1. The molecule has 0 radical (unpaired) electrons. The van der Waals surface area contributed by atoms with Gasteiger partial charge in [0.25, 0.3) is 0 Å². The Hall–Kier alpha value is -1.97. The van der Waals surface area contributed by atoms with Gasteiger partial charge in [0, 0.05) is 19.6 Å². The zero-order chi connectivity index (χ0) is 14.1. The van der Waals surface area contributed by atoms with Crippen LogP contribution in [0, 0.1) is 0 Å². The van der Waals surface area contributed by atoms with Gasteiger partial charge in [0.15, 0.2) is 0 Å². The summed E-state index contributed by atoms with van der Waals surface area (Å²) in [5, 5.41) is 3.73. The van der Waals surface area contributed by atoms with E-state index >= 15 is 0 Å². The van der Waals surface area contributed by atoms with Crippen molar-refractivity contribution in [2.75, 3.05) is 26.2 Å². The monoisotopic (exact) mass is 277 g/mol. The maximum Gasteiger partial charge on any atom is 0.141 e. The highest BCUT2D eigenvalue weighted by Gasteiger charge is 2.48. The van der Waals surface area contributed by atoms with Gasteiger partial charge in [-0.05, 0) is 11.1 Å². The first kappa shape index (κ1) is 12.7. The Labute approximate surface area is 125 Å². The van der Waals surface area contributed by atoms with Gasteiger partial charge in [-0.1, -0.05) is 60.7 Å². The average Bonchev–Trinajstić information content (AvgIpc) is 3.01. The van der Waals surface area contributed by atoms with Crippen LogP contribution >= 0.6 is 0 Å². The Morgan fingerprint density at radius 2 is 1.62 bits per heavy atom. The maximum absolute atomic E-state index is 4.90. The quantitative estimate of drug-likeness (QED) is 0.911. The van der Waals surface area contributed by atoms with E-state index in [1.807, 2.05) is 0 Å². The summed E-state index contributed by atoms with van der Waals surface area (Å²) >= 11 is 0. The van der Waals surface area contributed by atoms with E-state index in [0.29, 0.717) is 0 Å². The third-order valence-corrected chi connectivity index (χ3v) is 4.46. The third-order valence-electron chi connectivity index (χ3n) is 4.46. The Morgan fingerprint density at radius 1 is 0.905 bits per heavy atom. The molecule has 2 aliphatic heterocycles. The fourth-order valence-corrected chi connectivity index (χ4v) is 3.56. The highest BCUT2D eigenvalue weighted by Crippen LogP contribution is 2.35. The smallest absolute Gasteiger partial charge is 0.141 e. The molecule has 2 aliphatic rings. The lowest BCUT2D eigenvalue weighted by Gasteiger charge is -2.42. The lowest BCUT2D eigenvalue weighted by Crippen LogP contribution is -2.58. The van der Waals surface area contributed by atoms with Crippen LogP contribution < -0.4 is 5.32 Å². The summed E-state index contributed by atoms with van der Waals surface area (Å²) in [4.78, 5) is 7.43. The molecule has 21 heavy (non-hydrogen) atoms. The van der Waals surface area contributed by atoms with E-state index in [1.54, 1.807) is 0 Å². The zero-order valence-electron chi connectivity index (χ0n) is 12.0. The van der Waals surface area contributed by atoms with Crippen LogP contribution in [0.25, 0.3) is 0 Å². The highest BCUT2D eigenvalue weighted by molar-refractivity contribution is 6.08. The normalized spacial score (nSPS) is 25.4. The van der Waals surface area contributed by atoms with Crippen molar-refractivity contribution in [3.63, 3.8) is 0 Å². The number of fused-ring (bicyclic) bond motifs is 1. The molecular formula is C18H19N3. The Morgan fingerprint density at radius 3 is 2.38 bits per heavy atom. The van der Waals surface area contributed by atoms with Crippen molar-refractivity contribution in [1.29, 1.82) is 0 Å². The van der Waals surface area contributed by atoms with Crippen molar-refractivity contribution >= 4 is 5.71 Å². The SMILES string of the molecule is c1ccc(C2=NCCN3CCN[C@]23c2ccccc2)cc1. The molecule has 1 fully saturated rings. The number of hydrogen-bond acceptors (Lipinski definition) is 3. The summed E-state index contributed by atoms with van der Waals surface area (Å²) in [5.41, 5.74) is 3.38. The van der Waals surface area contributed by atoms with E-state index in [9.17, 15) is 0 Å². The maximum atomic E-state index is 4.90. The Balaban J connectivity index is 1.90. The van der Waals surface area contributed by atoms with Gasteiger partial charge in [0.2, 0.25) is 0 Å². The van der Waals surface area contributed by atoms with Crippen molar-refractivity contribution in [3.8, 4) is 0 Å². The van der Waals surface area contributed by atoms with E-state index in [4.69, 9.17) is 4.99 Å². The zero-order valence-corrected chi connectivity index (χ0v) is 12.0. The first-order chi connectivity index (χ1) is 10.4. The highest BCUT2D eigenvalue weighted by atomic mass is 15.4. The van der Waals surface area contributed by atoms with Gasteiger partial charge in [-0.25, -0.2) is 0 Å². The summed E-state index contributed by atoms with van der Waals surface area (Å²) in [7, 11) is 0. The first-order valence-electron chi connectivity index (χ1n) is 7.57. The fraction of sp³-hybridized carbons (Fsp3) is 0.278. The van der Waals surface area contributed by atoms with Gasteiger partial charge in [0.1, 0.15) is 5.66 Å². The van der Waals surface area contributed by atoms with Crippen LogP contribution in [0.2, 0.25) is 0 Å². The second-order valence-corrected chi connectivity index (χ2v) is 5.59. The Kier molecular flexibility index (Phi) is 3.09. The van der Waals surface area contributed by atoms with Crippen molar-refractivity contribution in [3.05, 3.63) is 71.8 Å². The number of benzene rings is 2. The minimum atomic E-state index is -0.263. The second kappa shape index (κ2) is 5.10. The van der Waals surface area contributed by atoms with Crippen LogP contribution in [0.5, 0.6) is 0 Å². The van der Waals surface area contributed by atoms with Gasteiger partial charge >= 0.3 is 0 Å². The standard InChI is InChI=1S/C18H19N3/c1-3-7-15(8-4-1)17-18(16-9-5-2-6-10-16)20-12-14-21(18)13-11-19-17/h1-10,20H,11-14H2/t18-/m0/s1. The Bertz CT molecular complexity index is 651. The number of rotatable bonds is 2. The molecule has 1 N–H and O–H groups in total.